The number of likely N-dealkylation sites (tertiary alicyclic amines) is 1. The van der Waals surface area contributed by atoms with Crippen LogP contribution in [0.2, 0.25) is 0 Å². The van der Waals surface area contributed by atoms with Crippen LogP contribution < -0.4 is 20.7 Å². The van der Waals surface area contributed by atoms with Crippen molar-refractivity contribution in [2.24, 2.45) is 0 Å². The van der Waals surface area contributed by atoms with Gasteiger partial charge in [-0.05, 0) is 17.5 Å². The fourth-order valence-corrected chi connectivity index (χ4v) is 4.24. The zero-order valence-electron chi connectivity index (χ0n) is 20.3. The van der Waals surface area contributed by atoms with Gasteiger partial charge in [-0.3, -0.25) is 4.79 Å². The van der Waals surface area contributed by atoms with E-state index in [0.717, 1.165) is 12.8 Å². The molecule has 0 unspecified atom stereocenters. The molecule has 0 radical (unpaired) electrons. The van der Waals surface area contributed by atoms with Crippen LogP contribution in [0.25, 0.3) is 0 Å². The Morgan fingerprint density at radius 2 is 1.61 bits per heavy atom. The first-order valence-electron chi connectivity index (χ1n) is 11.6. The number of anilines is 3. The summed E-state index contributed by atoms with van der Waals surface area (Å²) < 4.78 is 5.56. The van der Waals surface area contributed by atoms with E-state index in [2.05, 4.69) is 15.3 Å². The summed E-state index contributed by atoms with van der Waals surface area (Å²) in [6.07, 6.45) is 1.67. The second-order valence-corrected chi connectivity index (χ2v) is 9.22. The van der Waals surface area contributed by atoms with Gasteiger partial charge in [0.1, 0.15) is 5.69 Å². The second kappa shape index (κ2) is 9.53. The van der Waals surface area contributed by atoms with Crippen molar-refractivity contribution in [2.45, 2.75) is 56.3 Å². The number of nitrogen functional groups attached to an aromatic ring is 1. The topological polar surface area (TPSA) is 258 Å². The van der Waals surface area contributed by atoms with Crippen LogP contribution in [0.15, 0.2) is 24.3 Å². The van der Waals surface area contributed by atoms with Gasteiger partial charge >= 0.3 is 6.01 Å². The molecule has 2 aliphatic rings. The average Bonchev–Trinajstić information content (AvgIpc) is 2.89. The maximum Gasteiger partial charge on any atom is 0.320 e. The highest BCUT2D eigenvalue weighted by molar-refractivity contribution is 6.03. The lowest BCUT2D eigenvalue weighted by Crippen LogP contribution is -2.66. The molecule has 1 amide bonds. The smallest absolute Gasteiger partial charge is 0.320 e. The number of ether oxygens (including phenoxy) is 1. The number of aliphatic hydroxyl groups is 8. The lowest BCUT2D eigenvalue weighted by atomic mass is 10.1. The number of carbonyl (C=O) groups excluding carboxylic acids is 1. The van der Waals surface area contributed by atoms with Crippen molar-refractivity contribution in [3.63, 3.8) is 0 Å². The number of amides is 1. The number of hydrogen-bond donors (Lipinski definition) is 10. The van der Waals surface area contributed by atoms with Crippen LogP contribution in [-0.2, 0) is 17.9 Å². The van der Waals surface area contributed by atoms with Crippen molar-refractivity contribution in [3.8, 4) is 6.01 Å². The minimum atomic E-state index is -4.16. The Bertz CT molecular complexity index is 1200. The maximum atomic E-state index is 12.3. The van der Waals surface area contributed by atoms with E-state index >= 15 is 0 Å². The van der Waals surface area contributed by atoms with Gasteiger partial charge in [0.05, 0.1) is 13.2 Å². The molecule has 1 aromatic heterocycles. The van der Waals surface area contributed by atoms with Crippen LogP contribution >= 0.6 is 0 Å². The minimum absolute atomic E-state index is 0.0137. The molecule has 4 rings (SSSR count). The Kier molecular flexibility index (Phi) is 6.98. The van der Waals surface area contributed by atoms with Crippen molar-refractivity contribution < 1.29 is 50.4 Å². The van der Waals surface area contributed by atoms with E-state index in [4.69, 9.17) is 10.5 Å². The number of rotatable bonds is 8. The highest BCUT2D eigenvalue weighted by Crippen LogP contribution is 2.48. The molecule has 1 saturated heterocycles. The highest BCUT2D eigenvalue weighted by atomic mass is 16.7. The number of carbonyl (C=O) groups is 1. The standard InChI is InChI=1S/C22H30N6O10/c1-2-3-7-38-18-25-16(23)15-17(26-18)27(11-14(29)24-15)9-12-5-4-6-13(8-12)10-28-21(34,35)19(30,31)20(32,33)22(28,36)37/h4-6,8,30-37H,2-3,7,9-11H2,1H3,(H,24,29)(H2,23,25,26). The van der Waals surface area contributed by atoms with Gasteiger partial charge in [0, 0.05) is 13.1 Å². The molecule has 0 saturated carbocycles. The highest BCUT2D eigenvalue weighted by Gasteiger charge is 2.83. The van der Waals surface area contributed by atoms with Crippen molar-refractivity contribution >= 4 is 23.2 Å². The van der Waals surface area contributed by atoms with Crippen molar-refractivity contribution in [2.75, 3.05) is 29.1 Å². The van der Waals surface area contributed by atoms with Gasteiger partial charge in [0.15, 0.2) is 11.6 Å². The number of unbranched alkanes of at least 4 members (excludes halogenated alkanes) is 1. The summed E-state index contributed by atoms with van der Waals surface area (Å²) in [5, 5.41) is 82.7. The van der Waals surface area contributed by atoms with Crippen LogP contribution in [0, 0.1) is 0 Å². The summed E-state index contributed by atoms with van der Waals surface area (Å²) in [4.78, 5) is 22.3. The first-order chi connectivity index (χ1) is 17.6. The largest absolute Gasteiger partial charge is 0.463 e. The first kappa shape index (κ1) is 27.8. The molecular weight excluding hydrogens is 508 g/mol. The van der Waals surface area contributed by atoms with Crippen LogP contribution in [0.1, 0.15) is 30.9 Å². The lowest BCUT2D eigenvalue weighted by molar-refractivity contribution is -0.452. The molecule has 2 aromatic rings. The van der Waals surface area contributed by atoms with Gasteiger partial charge in [-0.2, -0.15) is 14.9 Å². The Hall–Kier alpha value is -3.19. The molecule has 16 heteroatoms. The molecule has 0 spiro atoms. The van der Waals surface area contributed by atoms with Gasteiger partial charge in [-0.25, -0.2) is 0 Å². The van der Waals surface area contributed by atoms with Gasteiger partial charge in [0.25, 0.3) is 23.4 Å². The molecule has 208 valence electrons. The second-order valence-electron chi connectivity index (χ2n) is 9.22. The van der Waals surface area contributed by atoms with Crippen molar-refractivity contribution in [1.29, 1.82) is 0 Å². The Morgan fingerprint density at radius 1 is 1.00 bits per heavy atom. The summed E-state index contributed by atoms with van der Waals surface area (Å²) in [6, 6.07) is 6.13. The number of hydrogen-bond acceptors (Lipinski definition) is 15. The summed E-state index contributed by atoms with van der Waals surface area (Å²) >= 11 is 0. The van der Waals surface area contributed by atoms with Gasteiger partial charge in [-0.1, -0.05) is 37.6 Å². The number of nitrogens with one attached hydrogen (secondary N) is 1. The Morgan fingerprint density at radius 3 is 2.21 bits per heavy atom. The molecule has 0 bridgehead atoms. The molecule has 1 fully saturated rings. The number of benzene rings is 1. The zero-order valence-corrected chi connectivity index (χ0v) is 20.3. The molecule has 2 aliphatic heterocycles. The summed E-state index contributed by atoms with van der Waals surface area (Å²) in [6.45, 7) is 1.56. The third-order valence-electron chi connectivity index (χ3n) is 6.40. The van der Waals surface area contributed by atoms with E-state index in [1.807, 2.05) is 6.92 Å². The average molecular weight is 539 g/mol. The molecule has 3 heterocycles. The Labute approximate surface area is 215 Å². The number of fused-ring (bicyclic) bond motifs is 1. The molecule has 0 atom stereocenters. The molecule has 11 N–H and O–H groups in total. The fraction of sp³-hybridized carbons (Fsp3) is 0.500. The summed E-state index contributed by atoms with van der Waals surface area (Å²) in [5.41, 5.74) is 6.93. The summed E-state index contributed by atoms with van der Waals surface area (Å²) in [5.74, 6) is -16.2. The van der Waals surface area contributed by atoms with Gasteiger partial charge in [0.2, 0.25) is 5.91 Å². The van der Waals surface area contributed by atoms with E-state index in [-0.39, 0.29) is 47.0 Å². The lowest BCUT2D eigenvalue weighted by Gasteiger charge is -2.35. The fourth-order valence-electron chi connectivity index (χ4n) is 4.24. The number of nitrogens with two attached hydrogens (primary N) is 1. The normalized spacial score (nSPS) is 21.2. The van der Waals surface area contributed by atoms with Crippen LogP contribution in [0.5, 0.6) is 6.01 Å². The van der Waals surface area contributed by atoms with E-state index in [0.29, 0.717) is 18.0 Å². The summed E-state index contributed by atoms with van der Waals surface area (Å²) in [7, 11) is 0. The van der Waals surface area contributed by atoms with Crippen molar-refractivity contribution in [1.82, 2.24) is 14.9 Å². The third kappa shape index (κ3) is 4.41. The molecule has 38 heavy (non-hydrogen) atoms. The van der Waals surface area contributed by atoms with E-state index < -0.39 is 29.9 Å². The van der Waals surface area contributed by atoms with Gasteiger partial charge in [-0.15, -0.1) is 0 Å². The zero-order chi connectivity index (χ0) is 28.1. The maximum absolute atomic E-state index is 12.3. The molecule has 1 aromatic carbocycles. The van der Waals surface area contributed by atoms with Gasteiger partial charge < -0.3 is 61.5 Å². The number of aromatic nitrogens is 2. The van der Waals surface area contributed by atoms with E-state index in [1.165, 1.54) is 18.2 Å². The first-order valence-corrected chi connectivity index (χ1v) is 11.6. The van der Waals surface area contributed by atoms with Crippen LogP contribution in [0.4, 0.5) is 17.3 Å². The minimum Gasteiger partial charge on any atom is -0.463 e. The predicted octanol–water partition coefficient (Wildman–Crippen LogP) is -3.35. The molecular formula is C22H30N6O10. The predicted molar refractivity (Wildman–Crippen MR) is 127 cm³/mol. The molecule has 0 aliphatic carbocycles. The van der Waals surface area contributed by atoms with Crippen LogP contribution in [0.3, 0.4) is 0 Å². The molecule has 16 nitrogen and oxygen atoms in total. The van der Waals surface area contributed by atoms with Crippen LogP contribution in [-0.4, -0.2) is 98.2 Å². The van der Waals surface area contributed by atoms with E-state index in [1.54, 1.807) is 11.0 Å². The monoisotopic (exact) mass is 538 g/mol. The SMILES string of the molecule is CCCCOc1nc(N)c2c(n1)N(Cc1cccc(CN3C(O)(O)C(O)(O)C(O)(O)C3(O)O)c1)CC(=O)N2. The van der Waals surface area contributed by atoms with Crippen molar-refractivity contribution in [3.05, 3.63) is 35.4 Å². The number of nitrogens with zero attached hydrogens (tertiary/aromatic N) is 4. The Balaban J connectivity index is 1.60. The third-order valence-corrected chi connectivity index (χ3v) is 6.40. The quantitative estimate of drug-likeness (QED) is 0.116. The van der Waals surface area contributed by atoms with E-state index in [9.17, 15) is 45.6 Å².